The van der Waals surface area contributed by atoms with Gasteiger partial charge in [-0.1, -0.05) is 175 Å². The summed E-state index contributed by atoms with van der Waals surface area (Å²) in [6.07, 6.45) is 0. The molecule has 302 valence electrons. The Morgan fingerprint density at radius 2 is 0.968 bits per heavy atom. The summed E-state index contributed by atoms with van der Waals surface area (Å²) in [5.41, 5.74) is 20.3. The fourth-order valence-corrected chi connectivity index (χ4v) is 12.4. The van der Waals surface area contributed by atoms with Crippen LogP contribution in [0.1, 0.15) is 74.9 Å². The van der Waals surface area contributed by atoms with Crippen LogP contribution in [0.15, 0.2) is 170 Å². The van der Waals surface area contributed by atoms with E-state index in [0.717, 1.165) is 17.1 Å². The van der Waals surface area contributed by atoms with Crippen molar-refractivity contribution in [3.8, 4) is 67.1 Å². The van der Waals surface area contributed by atoms with Crippen LogP contribution in [0.3, 0.4) is 0 Å². The molecule has 0 atom stereocenters. The Labute approximate surface area is 373 Å². The molecule has 0 unspecified atom stereocenters. The van der Waals surface area contributed by atoms with E-state index in [4.69, 9.17) is 4.74 Å². The van der Waals surface area contributed by atoms with E-state index >= 15 is 0 Å². The molecule has 1 nitrogen and oxygen atoms in total. The highest BCUT2D eigenvalue weighted by molar-refractivity contribution is 7.25. The maximum Gasteiger partial charge on any atom is 0.135 e. The van der Waals surface area contributed by atoms with Crippen LogP contribution in [-0.4, -0.2) is 0 Å². The first-order chi connectivity index (χ1) is 30.5. The molecule has 63 heavy (non-hydrogen) atoms. The third-order valence-electron chi connectivity index (χ3n) is 14.4. The number of ether oxygens (including phenoxy) is 1. The number of hydrogen-bond donors (Lipinski definition) is 0. The second-order valence-electron chi connectivity index (χ2n) is 20.0. The largest absolute Gasteiger partial charge is 0.456 e. The molecular weight excluding hydrogens is 781 g/mol. The Bertz CT molecular complexity index is 3560. The van der Waals surface area contributed by atoms with Gasteiger partial charge in [0, 0.05) is 31.1 Å². The predicted octanol–water partition coefficient (Wildman–Crippen LogP) is 17.3. The van der Waals surface area contributed by atoms with E-state index in [-0.39, 0.29) is 10.8 Å². The van der Waals surface area contributed by atoms with Gasteiger partial charge in [0.25, 0.3) is 0 Å². The minimum atomic E-state index is -0.460. The lowest BCUT2D eigenvalue weighted by molar-refractivity contribution is 0.487. The maximum atomic E-state index is 6.83. The van der Waals surface area contributed by atoms with Gasteiger partial charge in [0.1, 0.15) is 11.5 Å². The highest BCUT2D eigenvalue weighted by atomic mass is 32.1. The zero-order chi connectivity index (χ0) is 42.6. The molecule has 9 aromatic carbocycles. The number of hydrogen-bond acceptors (Lipinski definition) is 2. The van der Waals surface area contributed by atoms with Crippen molar-refractivity contribution in [1.82, 2.24) is 0 Å². The molecule has 13 rings (SSSR count). The van der Waals surface area contributed by atoms with Crippen molar-refractivity contribution in [3.05, 3.63) is 203 Å². The van der Waals surface area contributed by atoms with Crippen molar-refractivity contribution in [3.63, 3.8) is 0 Å². The van der Waals surface area contributed by atoms with Crippen molar-refractivity contribution >= 4 is 42.3 Å². The summed E-state index contributed by atoms with van der Waals surface area (Å²) in [5.74, 6) is 1.80. The molecule has 0 fully saturated rings. The molecule has 2 heteroatoms. The molecule has 3 aliphatic rings. The van der Waals surface area contributed by atoms with E-state index in [2.05, 4.69) is 211 Å². The average molecular weight is 827 g/mol. The molecule has 1 aliphatic heterocycles. The lowest BCUT2D eigenvalue weighted by atomic mass is 9.68. The summed E-state index contributed by atoms with van der Waals surface area (Å²) < 4.78 is 9.47. The summed E-state index contributed by atoms with van der Waals surface area (Å²) in [6, 6.07) is 64.6. The quantitative estimate of drug-likeness (QED) is 0.169. The van der Waals surface area contributed by atoms with Crippen molar-refractivity contribution in [2.45, 2.75) is 57.8 Å². The first-order valence-corrected chi connectivity index (χ1v) is 23.1. The van der Waals surface area contributed by atoms with Gasteiger partial charge in [0.05, 0.1) is 5.41 Å². The Hall–Kier alpha value is -6.74. The lowest BCUT2D eigenvalue weighted by Gasteiger charge is -2.33. The van der Waals surface area contributed by atoms with Crippen LogP contribution < -0.4 is 4.74 Å². The lowest BCUT2D eigenvalue weighted by Crippen LogP contribution is -2.27. The summed E-state index contributed by atoms with van der Waals surface area (Å²) in [7, 11) is 0. The highest BCUT2D eigenvalue weighted by Gasteiger charge is 2.53. The Morgan fingerprint density at radius 1 is 0.381 bits per heavy atom. The fraction of sp³-hybridized carbons (Fsp3) is 0.148. The number of fused-ring (bicyclic) bond motifs is 15. The monoisotopic (exact) mass is 826 g/mol. The molecule has 0 bridgehead atoms. The fourth-order valence-electron chi connectivity index (χ4n) is 11.3. The van der Waals surface area contributed by atoms with Gasteiger partial charge in [-0.15, -0.1) is 11.3 Å². The molecule has 1 aromatic heterocycles. The van der Waals surface area contributed by atoms with Crippen LogP contribution in [-0.2, 0) is 16.2 Å². The van der Waals surface area contributed by atoms with Crippen molar-refractivity contribution < 1.29 is 4.74 Å². The van der Waals surface area contributed by atoms with Gasteiger partial charge < -0.3 is 4.74 Å². The van der Waals surface area contributed by atoms with Gasteiger partial charge in [-0.2, -0.15) is 0 Å². The molecule has 2 aliphatic carbocycles. The summed E-state index contributed by atoms with van der Waals surface area (Å²) >= 11 is 1.86. The predicted molar refractivity (Wildman–Crippen MR) is 267 cm³/mol. The minimum absolute atomic E-state index is 0.00166. The zero-order valence-electron chi connectivity index (χ0n) is 36.5. The van der Waals surface area contributed by atoms with Gasteiger partial charge in [-0.25, -0.2) is 0 Å². The molecular formula is C61H46OS. The van der Waals surface area contributed by atoms with Gasteiger partial charge in [-0.05, 0) is 136 Å². The van der Waals surface area contributed by atoms with E-state index in [0.29, 0.717) is 0 Å². The van der Waals surface area contributed by atoms with Crippen molar-refractivity contribution in [1.29, 1.82) is 0 Å². The van der Waals surface area contributed by atoms with Crippen LogP contribution >= 0.6 is 11.3 Å². The van der Waals surface area contributed by atoms with E-state index in [1.165, 1.54) is 114 Å². The topological polar surface area (TPSA) is 9.23 Å². The smallest absolute Gasteiger partial charge is 0.135 e. The molecule has 0 saturated heterocycles. The standard InChI is InChI=1S/C61H46OS/c1-59(2,3)37-23-25-40-41-26-24-38(60(4,5)6)34-52(41)61(51(40)33-37)49-18-9-7-14-46(49)57-43(17-12-19-50(57)61)39-27-29-54-58-44(39)15-11-16-45(58)47-31-35(21-28-53(47)62-54)36-22-30-56-48(32-36)42-13-8-10-20-55(42)63-56/h7-34H,1-6H3. The van der Waals surface area contributed by atoms with Crippen molar-refractivity contribution in [2.24, 2.45) is 0 Å². The minimum Gasteiger partial charge on any atom is -0.456 e. The van der Waals surface area contributed by atoms with Crippen LogP contribution in [0.2, 0.25) is 0 Å². The van der Waals surface area contributed by atoms with Crippen LogP contribution in [0.4, 0.5) is 0 Å². The van der Waals surface area contributed by atoms with Crippen molar-refractivity contribution in [2.75, 3.05) is 0 Å². The molecule has 0 radical (unpaired) electrons. The van der Waals surface area contributed by atoms with Crippen LogP contribution in [0, 0.1) is 0 Å². The first kappa shape index (κ1) is 36.9. The molecule has 10 aromatic rings. The van der Waals surface area contributed by atoms with Gasteiger partial charge in [0.15, 0.2) is 0 Å². The van der Waals surface area contributed by atoms with Gasteiger partial charge in [-0.3, -0.25) is 0 Å². The Balaban J connectivity index is 1.03. The second kappa shape index (κ2) is 12.7. The molecule has 0 N–H and O–H groups in total. The highest BCUT2D eigenvalue weighted by Crippen LogP contribution is 2.65. The summed E-state index contributed by atoms with van der Waals surface area (Å²) in [4.78, 5) is 0. The summed E-state index contributed by atoms with van der Waals surface area (Å²) in [6.45, 7) is 14.0. The van der Waals surface area contributed by atoms with E-state index in [1.54, 1.807) is 0 Å². The number of benzene rings is 9. The molecule has 0 saturated carbocycles. The van der Waals surface area contributed by atoms with E-state index in [9.17, 15) is 0 Å². The van der Waals surface area contributed by atoms with Crippen LogP contribution in [0.5, 0.6) is 11.5 Å². The second-order valence-corrected chi connectivity index (χ2v) is 21.1. The molecule has 0 amide bonds. The van der Waals surface area contributed by atoms with E-state index in [1.807, 2.05) is 11.3 Å². The van der Waals surface area contributed by atoms with Gasteiger partial charge in [0.2, 0.25) is 0 Å². The third-order valence-corrected chi connectivity index (χ3v) is 15.6. The average Bonchev–Trinajstić information content (AvgIpc) is 3.92. The van der Waals surface area contributed by atoms with E-state index < -0.39 is 5.41 Å². The molecule has 1 spiro atoms. The SMILES string of the molecule is CC(C)(C)c1ccc2c(c1)C1(c3cc(C(C)(C)C)ccc3-2)c2ccccc2-c2c(-c3ccc4c5c(cccc35)-c3cc(-c5ccc6sc7ccccc7c6c5)ccc3O4)cccc21. The summed E-state index contributed by atoms with van der Waals surface area (Å²) in [5, 5.41) is 5.00. The van der Waals surface area contributed by atoms with Crippen LogP contribution in [0.25, 0.3) is 86.6 Å². The zero-order valence-corrected chi connectivity index (χ0v) is 37.3. The molecule has 2 heterocycles. The first-order valence-electron chi connectivity index (χ1n) is 22.3. The number of rotatable bonds is 2. The maximum absolute atomic E-state index is 6.83. The normalized spacial score (nSPS) is 14.1. The number of thiophene rings is 1. The third kappa shape index (κ3) is 5.05. The Morgan fingerprint density at radius 3 is 1.75 bits per heavy atom. The van der Waals surface area contributed by atoms with Gasteiger partial charge >= 0.3 is 0 Å². The Kier molecular flexibility index (Phi) is 7.42.